The Morgan fingerprint density at radius 2 is 2.30 bits per heavy atom. The molecule has 1 aliphatic heterocycles. The van der Waals surface area contributed by atoms with Crippen LogP contribution < -0.4 is 0 Å². The molecule has 1 rings (SSSR count). The van der Waals surface area contributed by atoms with Crippen molar-refractivity contribution < 1.29 is 9.84 Å². The molecule has 3 nitrogen and oxygen atoms in total. The summed E-state index contributed by atoms with van der Waals surface area (Å²) in [5, 5.41) is 8.77. The number of likely N-dealkylation sites (N-methyl/N-ethyl adjacent to an activating group) is 1. The molecule has 0 aromatic heterocycles. The number of hydrogen-bond acceptors (Lipinski definition) is 3. The second-order valence-electron chi connectivity index (χ2n) is 2.97. The molecular weight excluding hydrogens is 130 g/mol. The van der Waals surface area contributed by atoms with Gasteiger partial charge < -0.3 is 14.7 Å². The quantitative estimate of drug-likeness (QED) is 0.550. The van der Waals surface area contributed by atoms with Crippen molar-refractivity contribution in [3.05, 3.63) is 0 Å². The summed E-state index contributed by atoms with van der Waals surface area (Å²) in [6, 6.07) is 0. The van der Waals surface area contributed by atoms with Gasteiger partial charge in [-0.2, -0.15) is 0 Å². The third-order valence-electron chi connectivity index (χ3n) is 1.71. The Bertz CT molecular complexity index is 97.8. The number of rotatable bonds is 1. The molecule has 1 fully saturated rings. The van der Waals surface area contributed by atoms with Gasteiger partial charge in [-0.1, -0.05) is 0 Å². The highest BCUT2D eigenvalue weighted by Gasteiger charge is 2.21. The summed E-state index contributed by atoms with van der Waals surface area (Å²) in [5.41, 5.74) is 0. The maximum atomic E-state index is 8.77. The summed E-state index contributed by atoms with van der Waals surface area (Å²) < 4.78 is 5.41. The second-order valence-corrected chi connectivity index (χ2v) is 2.97. The Kier molecular flexibility index (Phi) is 2.65. The van der Waals surface area contributed by atoms with E-state index in [0.29, 0.717) is 0 Å². The van der Waals surface area contributed by atoms with E-state index in [1.165, 1.54) is 0 Å². The fourth-order valence-electron chi connectivity index (χ4n) is 1.38. The summed E-state index contributed by atoms with van der Waals surface area (Å²) in [4.78, 5) is 2.18. The van der Waals surface area contributed by atoms with Crippen LogP contribution in [-0.2, 0) is 4.74 Å². The van der Waals surface area contributed by atoms with Crippen LogP contribution in [0.2, 0.25) is 0 Å². The van der Waals surface area contributed by atoms with E-state index in [1.807, 2.05) is 14.0 Å². The molecule has 2 atom stereocenters. The second kappa shape index (κ2) is 3.32. The van der Waals surface area contributed by atoms with Gasteiger partial charge in [0.05, 0.1) is 18.8 Å². The maximum Gasteiger partial charge on any atom is 0.0936 e. The van der Waals surface area contributed by atoms with Crippen molar-refractivity contribution in [2.24, 2.45) is 0 Å². The molecule has 0 aliphatic carbocycles. The number of hydrogen-bond donors (Lipinski definition) is 1. The zero-order valence-corrected chi connectivity index (χ0v) is 6.58. The zero-order valence-electron chi connectivity index (χ0n) is 6.58. The Balaban J connectivity index is 2.35. The van der Waals surface area contributed by atoms with Crippen molar-refractivity contribution in [3.63, 3.8) is 0 Å². The van der Waals surface area contributed by atoms with Crippen LogP contribution in [0.4, 0.5) is 0 Å². The van der Waals surface area contributed by atoms with Crippen LogP contribution in [0, 0.1) is 0 Å². The van der Waals surface area contributed by atoms with E-state index in [4.69, 9.17) is 9.84 Å². The van der Waals surface area contributed by atoms with Crippen LogP contribution >= 0.6 is 0 Å². The zero-order chi connectivity index (χ0) is 7.56. The van der Waals surface area contributed by atoms with Crippen molar-refractivity contribution in [3.8, 4) is 0 Å². The molecule has 0 radical (unpaired) electrons. The topological polar surface area (TPSA) is 32.7 Å². The van der Waals surface area contributed by atoms with Crippen molar-refractivity contribution in [2.75, 3.05) is 26.7 Å². The summed E-state index contributed by atoms with van der Waals surface area (Å²) in [6.45, 7) is 3.98. The predicted octanol–water partition coefficient (Wildman–Crippen LogP) is -0.302. The number of aliphatic hydroxyl groups is 1. The third kappa shape index (κ3) is 1.94. The minimum absolute atomic E-state index is 0.0220. The van der Waals surface area contributed by atoms with Crippen LogP contribution in [0.5, 0.6) is 0 Å². The highest BCUT2D eigenvalue weighted by Crippen LogP contribution is 2.07. The van der Waals surface area contributed by atoms with Crippen LogP contribution in [0.1, 0.15) is 6.92 Å². The number of morpholine rings is 1. The van der Waals surface area contributed by atoms with Crippen molar-refractivity contribution in [1.82, 2.24) is 4.90 Å². The lowest BCUT2D eigenvalue weighted by molar-refractivity contribution is -0.0887. The van der Waals surface area contributed by atoms with Crippen molar-refractivity contribution in [2.45, 2.75) is 19.1 Å². The van der Waals surface area contributed by atoms with Gasteiger partial charge >= 0.3 is 0 Å². The highest BCUT2D eigenvalue weighted by molar-refractivity contribution is 4.72. The van der Waals surface area contributed by atoms with E-state index in [0.717, 1.165) is 13.1 Å². The summed E-state index contributed by atoms with van der Waals surface area (Å²) in [5.74, 6) is 0. The lowest BCUT2D eigenvalue weighted by Crippen LogP contribution is -2.45. The number of aliphatic hydroxyl groups excluding tert-OH is 1. The number of ether oxygens (including phenoxy) is 1. The van der Waals surface area contributed by atoms with E-state index in [-0.39, 0.29) is 18.8 Å². The summed E-state index contributed by atoms with van der Waals surface area (Å²) >= 11 is 0. The fraction of sp³-hybridized carbons (Fsp3) is 1.00. The van der Waals surface area contributed by atoms with Gasteiger partial charge in [0.2, 0.25) is 0 Å². The van der Waals surface area contributed by atoms with Gasteiger partial charge in [-0.25, -0.2) is 0 Å². The van der Waals surface area contributed by atoms with Gasteiger partial charge in [0, 0.05) is 13.1 Å². The first kappa shape index (κ1) is 7.98. The molecular formula is C7H15NO2. The molecule has 1 heterocycles. The molecule has 0 spiro atoms. The SMILES string of the molecule is C[C@H]1CN(C)C[C@@H](CO)O1. The Labute approximate surface area is 61.6 Å². The largest absolute Gasteiger partial charge is 0.394 e. The molecule has 1 N–H and O–H groups in total. The Morgan fingerprint density at radius 3 is 2.80 bits per heavy atom. The van der Waals surface area contributed by atoms with Crippen molar-refractivity contribution in [1.29, 1.82) is 0 Å². The molecule has 3 heteroatoms. The van der Waals surface area contributed by atoms with E-state index in [2.05, 4.69) is 4.90 Å². The minimum atomic E-state index is 0.0220. The molecule has 0 bridgehead atoms. The fourth-order valence-corrected chi connectivity index (χ4v) is 1.38. The molecule has 60 valence electrons. The standard InChI is InChI=1S/C7H15NO2/c1-6-3-8(2)4-7(5-9)10-6/h6-7,9H,3-5H2,1-2H3/t6-,7-/m0/s1. The smallest absolute Gasteiger partial charge is 0.0936 e. The molecule has 1 aliphatic rings. The van der Waals surface area contributed by atoms with Gasteiger partial charge in [0.1, 0.15) is 0 Å². The lowest BCUT2D eigenvalue weighted by atomic mass is 10.2. The minimum Gasteiger partial charge on any atom is -0.394 e. The van der Waals surface area contributed by atoms with Crippen LogP contribution in [-0.4, -0.2) is 49.0 Å². The predicted molar refractivity (Wildman–Crippen MR) is 38.9 cm³/mol. The maximum absolute atomic E-state index is 8.77. The van der Waals surface area contributed by atoms with Crippen LogP contribution in [0.15, 0.2) is 0 Å². The van der Waals surface area contributed by atoms with Crippen LogP contribution in [0.3, 0.4) is 0 Å². The Morgan fingerprint density at radius 1 is 1.60 bits per heavy atom. The van der Waals surface area contributed by atoms with E-state index >= 15 is 0 Å². The molecule has 0 amide bonds. The molecule has 1 saturated heterocycles. The monoisotopic (exact) mass is 145 g/mol. The number of nitrogens with zero attached hydrogens (tertiary/aromatic N) is 1. The average Bonchev–Trinajstić information content (AvgIpc) is 1.85. The molecule has 0 saturated carbocycles. The van der Waals surface area contributed by atoms with Crippen molar-refractivity contribution >= 4 is 0 Å². The van der Waals surface area contributed by atoms with Gasteiger partial charge in [-0.05, 0) is 14.0 Å². The highest BCUT2D eigenvalue weighted by atomic mass is 16.5. The lowest BCUT2D eigenvalue weighted by Gasteiger charge is -2.33. The van der Waals surface area contributed by atoms with Gasteiger partial charge in [0.15, 0.2) is 0 Å². The normalized spacial score (nSPS) is 36.3. The summed E-state index contributed by atoms with van der Waals surface area (Å²) in [7, 11) is 2.04. The third-order valence-corrected chi connectivity index (χ3v) is 1.71. The molecule has 0 unspecified atom stereocenters. The molecule has 10 heavy (non-hydrogen) atoms. The van der Waals surface area contributed by atoms with Gasteiger partial charge in [0.25, 0.3) is 0 Å². The summed E-state index contributed by atoms with van der Waals surface area (Å²) in [6.07, 6.45) is 0.282. The first-order valence-electron chi connectivity index (χ1n) is 3.67. The first-order valence-corrected chi connectivity index (χ1v) is 3.67. The molecule has 0 aromatic rings. The van der Waals surface area contributed by atoms with E-state index in [9.17, 15) is 0 Å². The van der Waals surface area contributed by atoms with E-state index < -0.39 is 0 Å². The van der Waals surface area contributed by atoms with Gasteiger partial charge in [-0.15, -0.1) is 0 Å². The Hall–Kier alpha value is -0.120. The molecule has 0 aromatic carbocycles. The average molecular weight is 145 g/mol. The van der Waals surface area contributed by atoms with Crippen LogP contribution in [0.25, 0.3) is 0 Å². The first-order chi connectivity index (χ1) is 4.72. The van der Waals surface area contributed by atoms with Gasteiger partial charge in [-0.3, -0.25) is 0 Å². The van der Waals surface area contributed by atoms with E-state index in [1.54, 1.807) is 0 Å².